The average Bonchev–Trinajstić information content (AvgIpc) is 1.98. The molecule has 0 aliphatic heterocycles. The highest BCUT2D eigenvalue weighted by molar-refractivity contribution is 7.98. The number of alkyl halides is 1. The van der Waals surface area contributed by atoms with Crippen molar-refractivity contribution in [2.45, 2.75) is 18.7 Å². The quantitative estimate of drug-likeness (QED) is 0.644. The van der Waals surface area contributed by atoms with Crippen LogP contribution in [0.3, 0.4) is 0 Å². The Hall–Kier alpha value is 0.110. The molecule has 0 N–H and O–H groups in total. The molecule has 0 saturated heterocycles. The zero-order valence-electron chi connectivity index (χ0n) is 7.84. The number of thioether (sulfide) groups is 1. The third kappa shape index (κ3) is 5.72. The van der Waals surface area contributed by atoms with E-state index in [0.717, 1.165) is 5.75 Å². The standard InChI is InChI=1S/C8H16ClNOS/c1-7(9)6-10(2)8(11)4-5-12-3/h7H,4-6H2,1-3H3. The molecule has 0 rings (SSSR count). The van der Waals surface area contributed by atoms with Crippen molar-refractivity contribution in [3.63, 3.8) is 0 Å². The van der Waals surface area contributed by atoms with Gasteiger partial charge in [-0.05, 0) is 13.2 Å². The molecule has 0 aromatic carbocycles. The summed E-state index contributed by atoms with van der Waals surface area (Å²) in [5, 5.41) is 0.0354. The Morgan fingerprint density at radius 2 is 2.25 bits per heavy atom. The number of halogens is 1. The van der Waals surface area contributed by atoms with Gasteiger partial charge < -0.3 is 4.90 Å². The second-order valence-corrected chi connectivity index (χ2v) is 4.53. The summed E-state index contributed by atoms with van der Waals surface area (Å²) >= 11 is 7.44. The minimum atomic E-state index is 0.0354. The van der Waals surface area contributed by atoms with E-state index >= 15 is 0 Å². The summed E-state index contributed by atoms with van der Waals surface area (Å²) in [6, 6.07) is 0. The minimum Gasteiger partial charge on any atom is -0.344 e. The van der Waals surface area contributed by atoms with Gasteiger partial charge in [0.15, 0.2) is 0 Å². The first kappa shape index (κ1) is 12.1. The van der Waals surface area contributed by atoms with Crippen LogP contribution in [0.25, 0.3) is 0 Å². The van der Waals surface area contributed by atoms with Crippen molar-refractivity contribution in [1.82, 2.24) is 4.90 Å². The highest BCUT2D eigenvalue weighted by Crippen LogP contribution is 2.02. The molecule has 2 nitrogen and oxygen atoms in total. The lowest BCUT2D eigenvalue weighted by Gasteiger charge is -2.17. The largest absolute Gasteiger partial charge is 0.344 e. The summed E-state index contributed by atoms with van der Waals surface area (Å²) in [5.74, 6) is 1.07. The molecule has 0 aliphatic rings. The van der Waals surface area contributed by atoms with Crippen LogP contribution in [0.4, 0.5) is 0 Å². The molecule has 0 saturated carbocycles. The molecule has 0 radical (unpaired) electrons. The number of carbonyl (C=O) groups is 1. The summed E-state index contributed by atoms with van der Waals surface area (Å²) < 4.78 is 0. The minimum absolute atomic E-state index is 0.0354. The lowest BCUT2D eigenvalue weighted by molar-refractivity contribution is -0.129. The number of amides is 1. The fraction of sp³-hybridized carbons (Fsp3) is 0.875. The molecule has 0 fully saturated rings. The Balaban J connectivity index is 3.61. The van der Waals surface area contributed by atoms with E-state index in [1.165, 1.54) is 0 Å². The molecule has 0 heterocycles. The van der Waals surface area contributed by atoms with Gasteiger partial charge in [0.25, 0.3) is 0 Å². The molecule has 1 atom stereocenters. The Bertz CT molecular complexity index is 141. The summed E-state index contributed by atoms with van der Waals surface area (Å²) in [6.45, 7) is 2.52. The summed E-state index contributed by atoms with van der Waals surface area (Å²) in [4.78, 5) is 13.0. The normalized spacial score (nSPS) is 12.7. The van der Waals surface area contributed by atoms with Crippen molar-refractivity contribution in [2.24, 2.45) is 0 Å². The van der Waals surface area contributed by atoms with Crippen LogP contribution in [0.5, 0.6) is 0 Å². The lowest BCUT2D eigenvalue weighted by Crippen LogP contribution is -2.31. The lowest BCUT2D eigenvalue weighted by atomic mass is 10.3. The van der Waals surface area contributed by atoms with Gasteiger partial charge in [-0.15, -0.1) is 11.6 Å². The summed E-state index contributed by atoms with van der Waals surface area (Å²) in [6.07, 6.45) is 2.61. The van der Waals surface area contributed by atoms with E-state index in [4.69, 9.17) is 11.6 Å². The molecule has 72 valence electrons. The van der Waals surface area contributed by atoms with Gasteiger partial charge in [0, 0.05) is 31.1 Å². The van der Waals surface area contributed by atoms with Crippen LogP contribution in [0.2, 0.25) is 0 Å². The van der Waals surface area contributed by atoms with Crippen LogP contribution in [-0.2, 0) is 4.79 Å². The Morgan fingerprint density at radius 3 is 2.67 bits per heavy atom. The second-order valence-electron chi connectivity index (χ2n) is 2.80. The highest BCUT2D eigenvalue weighted by Gasteiger charge is 2.09. The van der Waals surface area contributed by atoms with Gasteiger partial charge in [-0.25, -0.2) is 0 Å². The van der Waals surface area contributed by atoms with Gasteiger partial charge in [0.2, 0.25) is 5.91 Å². The average molecular weight is 210 g/mol. The van der Waals surface area contributed by atoms with Gasteiger partial charge in [-0.2, -0.15) is 11.8 Å². The maximum Gasteiger partial charge on any atom is 0.223 e. The van der Waals surface area contributed by atoms with Crippen molar-refractivity contribution in [1.29, 1.82) is 0 Å². The first-order valence-electron chi connectivity index (χ1n) is 3.95. The molecule has 0 spiro atoms. The molecule has 4 heteroatoms. The van der Waals surface area contributed by atoms with Crippen molar-refractivity contribution >= 4 is 29.3 Å². The zero-order chi connectivity index (χ0) is 9.56. The van der Waals surface area contributed by atoms with E-state index in [1.54, 1.807) is 23.7 Å². The predicted molar refractivity (Wildman–Crippen MR) is 56.0 cm³/mol. The topological polar surface area (TPSA) is 20.3 Å². The monoisotopic (exact) mass is 209 g/mol. The van der Waals surface area contributed by atoms with Crippen molar-refractivity contribution in [3.05, 3.63) is 0 Å². The van der Waals surface area contributed by atoms with E-state index in [0.29, 0.717) is 13.0 Å². The molecule has 0 aliphatic carbocycles. The third-order valence-electron chi connectivity index (χ3n) is 1.47. The van der Waals surface area contributed by atoms with Crippen LogP contribution in [0, 0.1) is 0 Å². The van der Waals surface area contributed by atoms with Crippen LogP contribution >= 0.6 is 23.4 Å². The van der Waals surface area contributed by atoms with E-state index in [1.807, 2.05) is 13.2 Å². The second kappa shape index (κ2) is 6.61. The predicted octanol–water partition coefficient (Wildman–Crippen LogP) is 1.83. The molecule has 12 heavy (non-hydrogen) atoms. The fourth-order valence-electron chi connectivity index (χ4n) is 0.859. The Labute approximate surface area is 83.6 Å². The van der Waals surface area contributed by atoms with Crippen molar-refractivity contribution < 1.29 is 4.79 Å². The molecule has 0 aromatic heterocycles. The van der Waals surface area contributed by atoms with Gasteiger partial charge >= 0.3 is 0 Å². The van der Waals surface area contributed by atoms with Crippen LogP contribution in [0.1, 0.15) is 13.3 Å². The Morgan fingerprint density at radius 1 is 1.67 bits per heavy atom. The summed E-state index contributed by atoms with van der Waals surface area (Å²) in [7, 11) is 1.79. The van der Waals surface area contributed by atoms with Crippen molar-refractivity contribution in [2.75, 3.05) is 25.6 Å². The van der Waals surface area contributed by atoms with E-state index in [9.17, 15) is 4.79 Å². The van der Waals surface area contributed by atoms with Crippen LogP contribution in [0.15, 0.2) is 0 Å². The van der Waals surface area contributed by atoms with Gasteiger partial charge in [-0.1, -0.05) is 0 Å². The third-order valence-corrected chi connectivity index (χ3v) is 2.22. The number of carbonyl (C=O) groups excluding carboxylic acids is 1. The maximum absolute atomic E-state index is 11.3. The SMILES string of the molecule is CSCCC(=O)N(C)CC(C)Cl. The number of nitrogens with zero attached hydrogens (tertiary/aromatic N) is 1. The van der Waals surface area contributed by atoms with E-state index in [2.05, 4.69) is 0 Å². The summed E-state index contributed by atoms with van der Waals surface area (Å²) in [5.41, 5.74) is 0. The highest BCUT2D eigenvalue weighted by atomic mass is 35.5. The molecule has 0 bridgehead atoms. The zero-order valence-corrected chi connectivity index (χ0v) is 9.41. The molecule has 1 amide bonds. The first-order chi connectivity index (χ1) is 5.57. The molecule has 0 aromatic rings. The van der Waals surface area contributed by atoms with Crippen LogP contribution in [-0.4, -0.2) is 41.8 Å². The van der Waals surface area contributed by atoms with Gasteiger partial charge in [0.05, 0.1) is 0 Å². The number of hydrogen-bond donors (Lipinski definition) is 0. The molecule has 1 unspecified atom stereocenters. The van der Waals surface area contributed by atoms with Crippen molar-refractivity contribution in [3.8, 4) is 0 Å². The van der Waals surface area contributed by atoms with E-state index in [-0.39, 0.29) is 11.3 Å². The van der Waals surface area contributed by atoms with E-state index < -0.39 is 0 Å². The van der Waals surface area contributed by atoms with Crippen LogP contribution < -0.4 is 0 Å². The fourth-order valence-corrected chi connectivity index (χ4v) is 1.45. The maximum atomic E-state index is 11.3. The van der Waals surface area contributed by atoms with Gasteiger partial charge in [-0.3, -0.25) is 4.79 Å². The first-order valence-corrected chi connectivity index (χ1v) is 5.78. The smallest absolute Gasteiger partial charge is 0.223 e. The number of rotatable bonds is 5. The molecular weight excluding hydrogens is 194 g/mol. The Kier molecular flexibility index (Phi) is 6.67. The van der Waals surface area contributed by atoms with Gasteiger partial charge in [0.1, 0.15) is 0 Å². The number of hydrogen-bond acceptors (Lipinski definition) is 2. The molecular formula is C8H16ClNOS.